The highest BCUT2D eigenvalue weighted by Gasteiger charge is 2.28. The molecule has 2 aromatic rings. The number of amides is 1. The molecule has 1 aliphatic rings. The number of ether oxygens (including phenoxy) is 2. The molecule has 6 heteroatoms. The average molecular weight is 399 g/mol. The van der Waals surface area contributed by atoms with Crippen LogP contribution in [0.5, 0.6) is 5.75 Å². The van der Waals surface area contributed by atoms with Crippen LogP contribution in [0.15, 0.2) is 24.3 Å². The van der Waals surface area contributed by atoms with Gasteiger partial charge in [-0.05, 0) is 42.2 Å². The first kappa shape index (κ1) is 20.4. The zero-order chi connectivity index (χ0) is 20.1. The van der Waals surface area contributed by atoms with Gasteiger partial charge in [0.15, 0.2) is 0 Å². The topological polar surface area (TPSA) is 71.3 Å². The predicted octanol–water partition coefficient (Wildman–Crippen LogP) is 5.15. The van der Waals surface area contributed by atoms with E-state index < -0.39 is 0 Å². The minimum atomic E-state index is -0.225. The average Bonchev–Trinajstić information content (AvgIpc) is 3.04. The zero-order valence-electron chi connectivity index (χ0n) is 16.6. The minimum absolute atomic E-state index is 0.109. The van der Waals surface area contributed by atoms with Crippen molar-refractivity contribution in [1.29, 1.82) is 5.26 Å². The molecule has 0 unspecified atom stereocenters. The molecule has 1 amide bonds. The van der Waals surface area contributed by atoms with E-state index in [4.69, 9.17) is 9.47 Å². The summed E-state index contributed by atoms with van der Waals surface area (Å²) in [4.78, 5) is 13.7. The van der Waals surface area contributed by atoms with Crippen molar-refractivity contribution in [2.75, 3.05) is 11.9 Å². The normalized spacial score (nSPS) is 15.8. The standard InChI is InChI=1S/C22H26N2O3S/c1-4-5-10-26-16-8-6-15(7-9-16)21(25)24-22-18(12-23)17-11-19(14(2)3)27-13-20(17)28-22/h6-9,14,19H,4-5,10-11,13H2,1-3H3,(H,24,25)/t19-/m0/s1. The van der Waals surface area contributed by atoms with Gasteiger partial charge in [0.1, 0.15) is 16.8 Å². The van der Waals surface area contributed by atoms with E-state index in [0.717, 1.165) is 29.0 Å². The molecule has 1 aromatic carbocycles. The number of unbranched alkanes of at least 4 members (excludes halogenated alkanes) is 1. The Morgan fingerprint density at radius 1 is 1.39 bits per heavy atom. The maximum absolute atomic E-state index is 12.7. The van der Waals surface area contributed by atoms with Crippen LogP contribution in [-0.4, -0.2) is 18.6 Å². The molecule has 1 N–H and O–H groups in total. The highest BCUT2D eigenvalue weighted by Crippen LogP contribution is 2.38. The van der Waals surface area contributed by atoms with Crippen molar-refractivity contribution < 1.29 is 14.3 Å². The second-order valence-electron chi connectivity index (χ2n) is 7.30. The molecule has 0 saturated carbocycles. The van der Waals surface area contributed by atoms with Crippen molar-refractivity contribution in [3.05, 3.63) is 45.8 Å². The summed E-state index contributed by atoms with van der Waals surface area (Å²) in [5, 5.41) is 13.2. The summed E-state index contributed by atoms with van der Waals surface area (Å²) >= 11 is 1.44. The molecule has 5 nitrogen and oxygen atoms in total. The molecule has 0 fully saturated rings. The number of fused-ring (bicyclic) bond motifs is 1. The molecule has 148 valence electrons. The Morgan fingerprint density at radius 2 is 2.14 bits per heavy atom. The first-order valence-corrected chi connectivity index (χ1v) is 10.6. The van der Waals surface area contributed by atoms with Crippen molar-refractivity contribution in [1.82, 2.24) is 0 Å². The van der Waals surface area contributed by atoms with E-state index in [1.54, 1.807) is 24.3 Å². The fourth-order valence-corrected chi connectivity index (χ4v) is 4.23. The maximum Gasteiger partial charge on any atom is 0.256 e. The largest absolute Gasteiger partial charge is 0.494 e. The van der Waals surface area contributed by atoms with E-state index >= 15 is 0 Å². The van der Waals surface area contributed by atoms with E-state index in [9.17, 15) is 10.1 Å². The van der Waals surface area contributed by atoms with E-state index in [2.05, 4.69) is 32.2 Å². The van der Waals surface area contributed by atoms with Crippen LogP contribution in [0.4, 0.5) is 5.00 Å². The quantitative estimate of drug-likeness (QED) is 0.655. The molecule has 0 saturated heterocycles. The Hall–Kier alpha value is -2.36. The highest BCUT2D eigenvalue weighted by atomic mass is 32.1. The Kier molecular flexibility index (Phi) is 6.71. The Balaban J connectivity index is 1.72. The number of thiophene rings is 1. The third-order valence-corrected chi connectivity index (χ3v) is 6.01. The third kappa shape index (κ3) is 4.54. The van der Waals surface area contributed by atoms with Crippen molar-refractivity contribution >= 4 is 22.2 Å². The smallest absolute Gasteiger partial charge is 0.256 e. The summed E-state index contributed by atoms with van der Waals surface area (Å²) in [6.07, 6.45) is 2.91. The summed E-state index contributed by atoms with van der Waals surface area (Å²) in [5.41, 5.74) is 2.13. The molecular formula is C22H26N2O3S. The summed E-state index contributed by atoms with van der Waals surface area (Å²) in [6, 6.07) is 9.37. The van der Waals surface area contributed by atoms with Crippen molar-refractivity contribution in [2.24, 2.45) is 5.92 Å². The van der Waals surface area contributed by atoms with Gasteiger partial charge in [0.05, 0.1) is 24.9 Å². The Bertz CT molecular complexity index is 865. The summed E-state index contributed by atoms with van der Waals surface area (Å²) in [6.45, 7) is 7.52. The molecular weight excluding hydrogens is 372 g/mol. The van der Waals surface area contributed by atoms with E-state index in [0.29, 0.717) is 41.7 Å². The Labute approximate surface area is 170 Å². The number of carbonyl (C=O) groups is 1. The van der Waals surface area contributed by atoms with Crippen molar-refractivity contribution in [2.45, 2.75) is 52.7 Å². The molecule has 2 heterocycles. The predicted molar refractivity (Wildman–Crippen MR) is 111 cm³/mol. The number of nitriles is 1. The van der Waals surface area contributed by atoms with Gasteiger partial charge in [-0.25, -0.2) is 0 Å². The fourth-order valence-electron chi connectivity index (χ4n) is 3.13. The third-order valence-electron chi connectivity index (χ3n) is 4.89. The molecule has 0 aliphatic carbocycles. The number of benzene rings is 1. The van der Waals surface area contributed by atoms with Gasteiger partial charge in [-0.1, -0.05) is 27.2 Å². The molecule has 0 spiro atoms. The number of hydrogen-bond acceptors (Lipinski definition) is 5. The zero-order valence-corrected chi connectivity index (χ0v) is 17.4. The second-order valence-corrected chi connectivity index (χ2v) is 8.40. The van der Waals surface area contributed by atoms with Gasteiger partial charge in [-0.2, -0.15) is 5.26 Å². The molecule has 0 bridgehead atoms. The van der Waals surface area contributed by atoms with E-state index in [1.165, 1.54) is 11.3 Å². The molecule has 1 aromatic heterocycles. The summed E-state index contributed by atoms with van der Waals surface area (Å²) < 4.78 is 11.5. The fraction of sp³-hybridized carbons (Fsp3) is 0.455. The lowest BCUT2D eigenvalue weighted by Crippen LogP contribution is -2.26. The van der Waals surface area contributed by atoms with Gasteiger partial charge in [0.25, 0.3) is 5.91 Å². The summed E-state index contributed by atoms with van der Waals surface area (Å²) in [5.74, 6) is 0.915. The van der Waals surface area contributed by atoms with Gasteiger partial charge in [-0.15, -0.1) is 11.3 Å². The van der Waals surface area contributed by atoms with E-state index in [1.807, 2.05) is 0 Å². The number of nitrogens with one attached hydrogen (secondary N) is 1. The number of rotatable bonds is 7. The van der Waals surface area contributed by atoms with Crippen LogP contribution in [0.3, 0.4) is 0 Å². The first-order chi connectivity index (χ1) is 13.5. The monoisotopic (exact) mass is 398 g/mol. The van der Waals surface area contributed by atoms with Crippen LogP contribution in [0.2, 0.25) is 0 Å². The molecule has 3 rings (SSSR count). The lowest BCUT2D eigenvalue weighted by Gasteiger charge is -2.26. The number of hydrogen-bond donors (Lipinski definition) is 1. The van der Waals surface area contributed by atoms with Gasteiger partial charge < -0.3 is 14.8 Å². The SMILES string of the molecule is CCCCOc1ccc(C(=O)Nc2sc3c(c2C#N)C[C@@H](C(C)C)OC3)cc1. The van der Waals surface area contributed by atoms with Crippen LogP contribution in [0, 0.1) is 17.2 Å². The van der Waals surface area contributed by atoms with Crippen LogP contribution in [0.25, 0.3) is 0 Å². The number of carbonyl (C=O) groups excluding carboxylic acids is 1. The molecule has 1 atom stereocenters. The Morgan fingerprint density at radius 3 is 2.79 bits per heavy atom. The van der Waals surface area contributed by atoms with Gasteiger partial charge >= 0.3 is 0 Å². The van der Waals surface area contributed by atoms with E-state index in [-0.39, 0.29) is 12.0 Å². The first-order valence-electron chi connectivity index (χ1n) is 9.74. The number of anilines is 1. The minimum Gasteiger partial charge on any atom is -0.494 e. The van der Waals surface area contributed by atoms with Crippen molar-refractivity contribution in [3.63, 3.8) is 0 Å². The van der Waals surface area contributed by atoms with Crippen LogP contribution >= 0.6 is 11.3 Å². The van der Waals surface area contributed by atoms with Crippen molar-refractivity contribution in [3.8, 4) is 11.8 Å². The second kappa shape index (κ2) is 9.22. The van der Waals surface area contributed by atoms with Crippen LogP contribution in [0.1, 0.15) is 60.0 Å². The highest BCUT2D eigenvalue weighted by molar-refractivity contribution is 7.16. The summed E-state index contributed by atoms with van der Waals surface area (Å²) in [7, 11) is 0. The maximum atomic E-state index is 12.7. The molecule has 1 aliphatic heterocycles. The lowest BCUT2D eigenvalue weighted by atomic mass is 9.95. The number of nitrogens with zero attached hydrogens (tertiary/aromatic N) is 1. The molecule has 28 heavy (non-hydrogen) atoms. The van der Waals surface area contributed by atoms with Gasteiger partial charge in [0.2, 0.25) is 0 Å². The lowest BCUT2D eigenvalue weighted by molar-refractivity contribution is 0.00161. The van der Waals surface area contributed by atoms with Crippen LogP contribution in [-0.2, 0) is 17.8 Å². The van der Waals surface area contributed by atoms with Gasteiger partial charge in [-0.3, -0.25) is 4.79 Å². The molecule has 0 radical (unpaired) electrons. The van der Waals surface area contributed by atoms with Crippen LogP contribution < -0.4 is 10.1 Å². The van der Waals surface area contributed by atoms with Gasteiger partial charge in [0, 0.05) is 16.9 Å².